The van der Waals surface area contributed by atoms with Gasteiger partial charge in [0.15, 0.2) is 0 Å². The number of hydrogen-bond donors (Lipinski definition) is 1. The molecule has 0 spiro atoms. The molecule has 0 bridgehead atoms. The second-order valence-corrected chi connectivity index (χ2v) is 11.7. The minimum absolute atomic E-state index is 0.0341. The molecule has 2 aromatic heterocycles. The molecule has 1 aromatic carbocycles. The van der Waals surface area contributed by atoms with Crippen LogP contribution in [-0.2, 0) is 21.2 Å². The Morgan fingerprint density at radius 3 is 2.81 bits per heavy atom. The molecule has 1 aliphatic rings. The van der Waals surface area contributed by atoms with Crippen LogP contribution in [0.1, 0.15) is 18.7 Å². The van der Waals surface area contributed by atoms with Crippen molar-refractivity contribution in [3.05, 3.63) is 52.7 Å². The Bertz CT molecular complexity index is 1150. The maximum Gasteiger partial charge on any atom is 0.322 e. The Morgan fingerprint density at radius 2 is 2.06 bits per heavy atom. The van der Waals surface area contributed by atoms with E-state index < -0.39 is 22.0 Å². The van der Waals surface area contributed by atoms with Crippen LogP contribution in [0.3, 0.4) is 0 Å². The van der Waals surface area contributed by atoms with Crippen LogP contribution in [0.15, 0.2) is 56.0 Å². The van der Waals surface area contributed by atoms with Gasteiger partial charge in [-0.25, -0.2) is 8.42 Å². The van der Waals surface area contributed by atoms with Gasteiger partial charge in [-0.15, -0.1) is 28.2 Å². The number of carbonyl (C=O) groups is 1. The number of anilines is 1. The molecule has 0 saturated carbocycles. The molecule has 1 atom stereocenters. The molecule has 3 aromatic rings. The monoisotopic (exact) mass is 498 g/mol. The van der Waals surface area contributed by atoms with Gasteiger partial charge in [-0.3, -0.25) is 10.1 Å². The molecule has 1 N–H and O–H groups in total. The zero-order valence-electron chi connectivity index (χ0n) is 16.2. The number of thiophene rings is 1. The smallest absolute Gasteiger partial charge is 0.322 e. The van der Waals surface area contributed by atoms with Crippen LogP contribution in [0.2, 0.25) is 4.34 Å². The topological polar surface area (TPSA) is 105 Å². The van der Waals surface area contributed by atoms with Crippen LogP contribution in [0, 0.1) is 0 Å². The lowest BCUT2D eigenvalue weighted by Crippen LogP contribution is -2.42. The van der Waals surface area contributed by atoms with Gasteiger partial charge in [0, 0.05) is 23.6 Å². The molecule has 31 heavy (non-hydrogen) atoms. The first kappa shape index (κ1) is 22.3. The normalized spacial score (nSPS) is 17.1. The van der Waals surface area contributed by atoms with E-state index in [2.05, 4.69) is 15.5 Å². The van der Waals surface area contributed by atoms with E-state index in [1.165, 1.54) is 16.4 Å². The van der Waals surface area contributed by atoms with Crippen molar-refractivity contribution in [2.24, 2.45) is 0 Å². The third-order valence-electron chi connectivity index (χ3n) is 4.64. The largest absolute Gasteiger partial charge is 0.408 e. The molecule has 4 rings (SSSR count). The first-order chi connectivity index (χ1) is 14.9. The predicted molar refractivity (Wildman–Crippen MR) is 120 cm³/mol. The summed E-state index contributed by atoms with van der Waals surface area (Å²) in [4.78, 5) is 13.9. The minimum atomic E-state index is -3.80. The number of benzene rings is 1. The Morgan fingerprint density at radius 1 is 1.26 bits per heavy atom. The number of amides is 1. The molecule has 0 aliphatic carbocycles. The highest BCUT2D eigenvalue weighted by Crippen LogP contribution is 2.32. The van der Waals surface area contributed by atoms with Crippen LogP contribution >= 0.6 is 34.7 Å². The number of nitrogens with zero attached hydrogens (tertiary/aromatic N) is 3. The SMILES string of the molecule is O=C(Nc1nnc(CCSc2ccccc2)o1)C1CCCN1S(=O)(=O)c1ccc(Cl)s1. The average Bonchev–Trinajstić information content (AvgIpc) is 3.50. The van der Waals surface area contributed by atoms with E-state index >= 15 is 0 Å². The number of thioether (sulfide) groups is 1. The number of rotatable bonds is 8. The zero-order valence-corrected chi connectivity index (χ0v) is 19.4. The number of carbonyl (C=O) groups excluding carboxylic acids is 1. The van der Waals surface area contributed by atoms with Gasteiger partial charge < -0.3 is 4.42 Å². The van der Waals surface area contributed by atoms with Crippen molar-refractivity contribution >= 4 is 56.6 Å². The van der Waals surface area contributed by atoms with E-state index in [1.807, 2.05) is 30.3 Å². The van der Waals surface area contributed by atoms with Gasteiger partial charge in [0.05, 0.1) is 4.34 Å². The zero-order chi connectivity index (χ0) is 21.8. The summed E-state index contributed by atoms with van der Waals surface area (Å²) in [6, 6.07) is 12.1. The summed E-state index contributed by atoms with van der Waals surface area (Å²) >= 11 is 8.51. The molecule has 3 heterocycles. The fraction of sp³-hybridized carbons (Fsp3) is 0.316. The predicted octanol–water partition coefficient (Wildman–Crippen LogP) is 3.91. The molecule has 1 aliphatic heterocycles. The molecule has 0 radical (unpaired) electrons. The lowest BCUT2D eigenvalue weighted by atomic mass is 10.2. The van der Waals surface area contributed by atoms with E-state index in [4.69, 9.17) is 16.0 Å². The van der Waals surface area contributed by atoms with Crippen molar-refractivity contribution in [3.63, 3.8) is 0 Å². The maximum absolute atomic E-state index is 12.9. The highest BCUT2D eigenvalue weighted by atomic mass is 35.5. The fourth-order valence-corrected chi connectivity index (χ4v) is 7.34. The van der Waals surface area contributed by atoms with Crippen molar-refractivity contribution in [3.8, 4) is 0 Å². The van der Waals surface area contributed by atoms with Crippen molar-refractivity contribution < 1.29 is 17.6 Å². The van der Waals surface area contributed by atoms with Crippen LogP contribution < -0.4 is 5.32 Å². The first-order valence-corrected chi connectivity index (χ1v) is 13.1. The molecule has 1 amide bonds. The van der Waals surface area contributed by atoms with Crippen molar-refractivity contribution in [2.45, 2.75) is 34.4 Å². The number of hydrogen-bond acceptors (Lipinski definition) is 8. The molecule has 1 unspecified atom stereocenters. The second-order valence-electron chi connectivity index (χ2n) is 6.73. The number of sulfonamides is 1. The summed E-state index contributed by atoms with van der Waals surface area (Å²) < 4.78 is 33.0. The van der Waals surface area contributed by atoms with Crippen LogP contribution in [0.4, 0.5) is 6.01 Å². The van der Waals surface area contributed by atoms with Gasteiger partial charge in [0.2, 0.25) is 11.8 Å². The first-order valence-electron chi connectivity index (χ1n) is 9.52. The van der Waals surface area contributed by atoms with Gasteiger partial charge in [-0.2, -0.15) is 4.31 Å². The Kier molecular flexibility index (Phi) is 6.97. The molecular formula is C19H19ClN4O4S3. The summed E-state index contributed by atoms with van der Waals surface area (Å²) in [6.45, 7) is 0.266. The second kappa shape index (κ2) is 9.70. The number of aryl methyl sites for hydroxylation is 1. The van der Waals surface area contributed by atoms with Crippen LogP contribution in [0.5, 0.6) is 0 Å². The molecule has 1 saturated heterocycles. The van der Waals surface area contributed by atoms with Gasteiger partial charge in [0.25, 0.3) is 10.0 Å². The summed E-state index contributed by atoms with van der Waals surface area (Å²) in [5.74, 6) is 0.665. The Labute approximate surface area is 193 Å². The summed E-state index contributed by atoms with van der Waals surface area (Å²) in [5.41, 5.74) is 0. The van der Waals surface area contributed by atoms with Crippen molar-refractivity contribution in [1.29, 1.82) is 0 Å². The van der Waals surface area contributed by atoms with Gasteiger partial charge in [-0.1, -0.05) is 34.9 Å². The Balaban J connectivity index is 1.35. The van der Waals surface area contributed by atoms with E-state index in [0.717, 1.165) is 22.0 Å². The molecule has 1 fully saturated rings. The standard InChI is InChI=1S/C19H19ClN4O4S3/c20-15-8-9-17(30-15)31(26,27)24-11-4-7-14(24)18(25)21-19-23-22-16(28-19)10-12-29-13-5-2-1-3-6-13/h1-3,5-6,8-9,14H,4,7,10-12H2,(H,21,23,25). The van der Waals surface area contributed by atoms with Gasteiger partial charge >= 0.3 is 6.01 Å². The highest BCUT2D eigenvalue weighted by Gasteiger charge is 2.40. The van der Waals surface area contributed by atoms with Gasteiger partial charge in [-0.05, 0) is 37.1 Å². The van der Waals surface area contributed by atoms with Gasteiger partial charge in [0.1, 0.15) is 10.3 Å². The number of halogens is 1. The molecule has 164 valence electrons. The average molecular weight is 499 g/mol. The lowest BCUT2D eigenvalue weighted by molar-refractivity contribution is -0.119. The maximum atomic E-state index is 12.9. The third kappa shape index (κ3) is 5.29. The van der Waals surface area contributed by atoms with Crippen molar-refractivity contribution in [2.75, 3.05) is 17.6 Å². The third-order valence-corrected chi connectivity index (χ3v) is 9.26. The number of aromatic nitrogens is 2. The van der Waals surface area contributed by atoms with Crippen LogP contribution in [0.25, 0.3) is 0 Å². The molecule has 12 heteroatoms. The quantitative estimate of drug-likeness (QED) is 0.469. The highest BCUT2D eigenvalue weighted by molar-refractivity contribution is 7.99. The van der Waals surface area contributed by atoms with Crippen LogP contribution in [-0.4, -0.2) is 47.2 Å². The lowest BCUT2D eigenvalue weighted by Gasteiger charge is -2.21. The van der Waals surface area contributed by atoms with E-state index in [-0.39, 0.29) is 16.8 Å². The number of nitrogens with one attached hydrogen (secondary N) is 1. The van der Waals surface area contributed by atoms with E-state index in [1.54, 1.807) is 11.8 Å². The molecular weight excluding hydrogens is 480 g/mol. The Hall–Kier alpha value is -1.92. The molecule has 8 nitrogen and oxygen atoms in total. The summed E-state index contributed by atoms with van der Waals surface area (Å²) in [5, 5.41) is 10.4. The summed E-state index contributed by atoms with van der Waals surface area (Å²) in [7, 11) is -3.80. The van der Waals surface area contributed by atoms with E-state index in [9.17, 15) is 13.2 Å². The summed E-state index contributed by atoms with van der Waals surface area (Å²) in [6.07, 6.45) is 1.55. The van der Waals surface area contributed by atoms with Crippen molar-refractivity contribution in [1.82, 2.24) is 14.5 Å². The minimum Gasteiger partial charge on any atom is -0.408 e. The van der Waals surface area contributed by atoms with E-state index in [0.29, 0.717) is 29.5 Å². The fourth-order valence-electron chi connectivity index (χ4n) is 3.21.